The van der Waals surface area contributed by atoms with Crippen LogP contribution < -0.4 is 11.3 Å². The lowest BCUT2D eigenvalue weighted by Crippen LogP contribution is -2.46. The Morgan fingerprint density at radius 1 is 1.60 bits per heavy atom. The molecule has 2 unspecified atom stereocenters. The summed E-state index contributed by atoms with van der Waals surface area (Å²) in [7, 11) is 0. The fourth-order valence-electron chi connectivity index (χ4n) is 1.93. The van der Waals surface area contributed by atoms with E-state index < -0.39 is 0 Å². The maximum Gasteiger partial charge on any atom is 0.0876 e. The highest BCUT2D eigenvalue weighted by Gasteiger charge is 2.24. The van der Waals surface area contributed by atoms with Crippen molar-refractivity contribution in [3.8, 4) is 0 Å². The minimum absolute atomic E-state index is 0.0789. The second-order valence-electron chi connectivity index (χ2n) is 3.71. The van der Waals surface area contributed by atoms with Crippen molar-refractivity contribution in [2.24, 2.45) is 5.84 Å². The van der Waals surface area contributed by atoms with Crippen LogP contribution in [0.1, 0.15) is 33.1 Å². The van der Waals surface area contributed by atoms with Crippen LogP contribution in [0, 0.1) is 0 Å². The third-order valence-electron chi connectivity index (χ3n) is 2.70. The zero-order chi connectivity index (χ0) is 11.1. The molecule has 88 valence electrons. The normalized spacial score (nSPS) is 20.3. The molecule has 0 saturated heterocycles. The van der Waals surface area contributed by atoms with Gasteiger partial charge in [-0.3, -0.25) is 11.3 Å². The van der Waals surface area contributed by atoms with Gasteiger partial charge in [-0.05, 0) is 31.8 Å². The summed E-state index contributed by atoms with van der Waals surface area (Å²) in [4.78, 5) is 0. The fourth-order valence-corrected chi connectivity index (χ4v) is 1.93. The summed E-state index contributed by atoms with van der Waals surface area (Å²) < 4.78 is 11.0. The zero-order valence-electron chi connectivity index (χ0n) is 9.66. The van der Waals surface area contributed by atoms with E-state index in [-0.39, 0.29) is 12.1 Å². The lowest BCUT2D eigenvalue weighted by molar-refractivity contribution is 0.0376. The third-order valence-corrected chi connectivity index (χ3v) is 2.70. The summed E-state index contributed by atoms with van der Waals surface area (Å²) in [5, 5.41) is 0. The molecule has 2 atom stereocenters. The molecule has 15 heavy (non-hydrogen) atoms. The van der Waals surface area contributed by atoms with Gasteiger partial charge in [0.25, 0.3) is 0 Å². The topological polar surface area (TPSA) is 56.5 Å². The summed E-state index contributed by atoms with van der Waals surface area (Å²) >= 11 is 0. The Kier molecular flexibility index (Phi) is 5.68. The second kappa shape index (κ2) is 6.82. The van der Waals surface area contributed by atoms with Gasteiger partial charge in [-0.25, -0.2) is 0 Å². The molecule has 1 heterocycles. The molecule has 0 aliphatic carbocycles. The van der Waals surface area contributed by atoms with E-state index in [9.17, 15) is 0 Å². The molecular formula is C11H22N2O2. The molecule has 0 saturated carbocycles. The average molecular weight is 214 g/mol. The van der Waals surface area contributed by atoms with Crippen LogP contribution in [-0.2, 0) is 9.47 Å². The molecule has 1 rings (SSSR count). The molecular weight excluding hydrogens is 192 g/mol. The van der Waals surface area contributed by atoms with Crippen LogP contribution in [0.5, 0.6) is 0 Å². The minimum Gasteiger partial charge on any atom is -0.501 e. The Bertz CT molecular complexity index is 207. The maximum atomic E-state index is 5.66. The first-order valence-corrected chi connectivity index (χ1v) is 5.71. The van der Waals surface area contributed by atoms with Crippen molar-refractivity contribution in [3.63, 3.8) is 0 Å². The number of nitrogens with one attached hydrogen (secondary N) is 1. The van der Waals surface area contributed by atoms with Crippen LogP contribution in [0.15, 0.2) is 11.8 Å². The molecule has 0 spiro atoms. The smallest absolute Gasteiger partial charge is 0.0876 e. The number of hydrogen-bond donors (Lipinski definition) is 2. The maximum absolute atomic E-state index is 5.66. The van der Waals surface area contributed by atoms with Gasteiger partial charge in [-0.1, -0.05) is 6.92 Å². The lowest BCUT2D eigenvalue weighted by Gasteiger charge is -2.29. The molecule has 0 fully saturated rings. The molecule has 0 aromatic heterocycles. The van der Waals surface area contributed by atoms with Crippen molar-refractivity contribution in [3.05, 3.63) is 11.8 Å². The lowest BCUT2D eigenvalue weighted by atomic mass is 9.96. The number of rotatable bonds is 6. The Hall–Kier alpha value is -0.580. The van der Waals surface area contributed by atoms with E-state index in [1.807, 2.05) is 13.2 Å². The highest BCUT2D eigenvalue weighted by molar-refractivity contribution is 5.12. The van der Waals surface area contributed by atoms with Crippen LogP contribution in [0.25, 0.3) is 0 Å². The number of hydrogen-bond acceptors (Lipinski definition) is 4. The van der Waals surface area contributed by atoms with Crippen molar-refractivity contribution in [1.29, 1.82) is 0 Å². The number of nitrogens with two attached hydrogens (primary N) is 1. The molecule has 0 aromatic carbocycles. The van der Waals surface area contributed by atoms with Crippen molar-refractivity contribution in [1.82, 2.24) is 5.43 Å². The van der Waals surface area contributed by atoms with Gasteiger partial charge in [0.2, 0.25) is 0 Å². The quantitative estimate of drug-likeness (QED) is 0.517. The van der Waals surface area contributed by atoms with Gasteiger partial charge in [-0.15, -0.1) is 0 Å². The van der Waals surface area contributed by atoms with Crippen LogP contribution in [0.2, 0.25) is 0 Å². The Labute approximate surface area is 91.8 Å². The second-order valence-corrected chi connectivity index (χ2v) is 3.71. The zero-order valence-corrected chi connectivity index (χ0v) is 9.66. The molecule has 0 radical (unpaired) electrons. The van der Waals surface area contributed by atoms with E-state index in [4.69, 9.17) is 15.3 Å². The van der Waals surface area contributed by atoms with Gasteiger partial charge in [0, 0.05) is 6.61 Å². The van der Waals surface area contributed by atoms with Crippen LogP contribution in [0.3, 0.4) is 0 Å². The van der Waals surface area contributed by atoms with Gasteiger partial charge in [0.1, 0.15) is 0 Å². The standard InChI is InChI=1S/C11H22N2O2/c1-3-10(15-4-2)11(13-12)9-6-5-7-14-8-9/h8,10-11,13H,3-7,12H2,1-2H3. The van der Waals surface area contributed by atoms with E-state index in [0.717, 1.165) is 25.9 Å². The van der Waals surface area contributed by atoms with Crippen LogP contribution in [0.4, 0.5) is 0 Å². The molecule has 0 aromatic rings. The highest BCUT2D eigenvalue weighted by Crippen LogP contribution is 2.20. The summed E-state index contributed by atoms with van der Waals surface area (Å²) in [5.74, 6) is 5.58. The van der Waals surface area contributed by atoms with Gasteiger partial charge in [-0.2, -0.15) is 0 Å². The third kappa shape index (κ3) is 3.48. The molecule has 1 aliphatic rings. The van der Waals surface area contributed by atoms with Gasteiger partial charge >= 0.3 is 0 Å². The van der Waals surface area contributed by atoms with Crippen molar-refractivity contribution < 1.29 is 9.47 Å². The monoisotopic (exact) mass is 214 g/mol. The first kappa shape index (κ1) is 12.5. The minimum atomic E-state index is 0.0789. The van der Waals surface area contributed by atoms with Gasteiger partial charge < -0.3 is 9.47 Å². The molecule has 0 amide bonds. The highest BCUT2D eigenvalue weighted by atomic mass is 16.5. The van der Waals surface area contributed by atoms with Crippen LogP contribution in [-0.4, -0.2) is 25.4 Å². The predicted octanol–water partition coefficient (Wildman–Crippen LogP) is 1.33. The summed E-state index contributed by atoms with van der Waals surface area (Å²) in [6.45, 7) is 5.63. The molecule has 3 N–H and O–H groups in total. The van der Waals surface area contributed by atoms with E-state index in [1.165, 1.54) is 5.57 Å². The Morgan fingerprint density at radius 3 is 2.87 bits per heavy atom. The van der Waals surface area contributed by atoms with E-state index >= 15 is 0 Å². The van der Waals surface area contributed by atoms with Crippen molar-refractivity contribution in [2.75, 3.05) is 13.2 Å². The first-order valence-electron chi connectivity index (χ1n) is 5.71. The molecule has 4 heteroatoms. The predicted molar refractivity (Wildman–Crippen MR) is 60.1 cm³/mol. The Morgan fingerprint density at radius 2 is 2.40 bits per heavy atom. The van der Waals surface area contributed by atoms with E-state index in [1.54, 1.807) is 0 Å². The number of hydrazine groups is 1. The Balaban J connectivity index is 2.62. The molecule has 4 nitrogen and oxygen atoms in total. The summed E-state index contributed by atoms with van der Waals surface area (Å²) in [6.07, 6.45) is 5.01. The van der Waals surface area contributed by atoms with Crippen molar-refractivity contribution >= 4 is 0 Å². The first-order chi connectivity index (χ1) is 7.33. The fraction of sp³-hybridized carbons (Fsp3) is 0.818. The van der Waals surface area contributed by atoms with E-state index in [2.05, 4.69) is 12.3 Å². The number of ether oxygens (including phenoxy) is 2. The van der Waals surface area contributed by atoms with Gasteiger partial charge in [0.15, 0.2) is 0 Å². The summed E-state index contributed by atoms with van der Waals surface area (Å²) in [5.41, 5.74) is 4.05. The molecule has 1 aliphatic heterocycles. The molecule has 0 bridgehead atoms. The van der Waals surface area contributed by atoms with E-state index in [0.29, 0.717) is 6.61 Å². The van der Waals surface area contributed by atoms with Crippen molar-refractivity contribution in [2.45, 2.75) is 45.3 Å². The SMILES string of the molecule is CCOC(CC)C(NN)C1=COCCC1. The average Bonchev–Trinajstić information content (AvgIpc) is 2.30. The van der Waals surface area contributed by atoms with Crippen LogP contribution >= 0.6 is 0 Å². The van der Waals surface area contributed by atoms with Gasteiger partial charge in [0.05, 0.1) is 25.0 Å². The largest absolute Gasteiger partial charge is 0.501 e. The summed E-state index contributed by atoms with van der Waals surface area (Å²) in [6, 6.07) is 0.0789.